The van der Waals surface area contributed by atoms with Gasteiger partial charge in [0.25, 0.3) is 0 Å². The molecule has 0 bridgehead atoms. The Labute approximate surface area is 100 Å². The van der Waals surface area contributed by atoms with Gasteiger partial charge in [-0.1, -0.05) is 27.5 Å². The van der Waals surface area contributed by atoms with Gasteiger partial charge in [0.15, 0.2) is 0 Å². The van der Waals surface area contributed by atoms with E-state index in [1.807, 2.05) is 0 Å². The molecule has 0 aliphatic carbocycles. The summed E-state index contributed by atoms with van der Waals surface area (Å²) in [5, 5.41) is 0. The van der Waals surface area contributed by atoms with E-state index in [-0.39, 0.29) is 12.2 Å². The van der Waals surface area contributed by atoms with Crippen LogP contribution in [-0.2, 0) is 9.05 Å². The van der Waals surface area contributed by atoms with Crippen LogP contribution in [0.3, 0.4) is 0 Å². The highest BCUT2D eigenvalue weighted by molar-refractivity contribution is 8.00. The van der Waals surface area contributed by atoms with Crippen LogP contribution in [0, 0.1) is 5.92 Å². The molecule has 0 amide bonds. The standard InChI is InChI=1S/C10H23O2P3/c1-7(2)5-8(3)10(11-13)6-9(4)12-15-14/h5,8-10,15H,6,13-14H2,1-4H3/t8-,9-,10-/m1/s1. The molecule has 2 nitrogen and oxygen atoms in total. The largest absolute Gasteiger partial charge is 0.362 e. The molecule has 0 rings (SSSR count). The van der Waals surface area contributed by atoms with E-state index in [9.17, 15) is 0 Å². The Kier molecular flexibility index (Phi) is 9.60. The minimum absolute atomic E-state index is 0.209. The summed E-state index contributed by atoms with van der Waals surface area (Å²) in [6.45, 7) is 8.49. The van der Waals surface area contributed by atoms with Crippen LogP contribution in [-0.4, -0.2) is 12.2 Å². The van der Waals surface area contributed by atoms with Crippen molar-refractivity contribution in [3.63, 3.8) is 0 Å². The number of rotatable bonds is 7. The first-order valence-electron chi connectivity index (χ1n) is 5.13. The van der Waals surface area contributed by atoms with Crippen molar-refractivity contribution in [3.8, 4) is 0 Å². The second kappa shape index (κ2) is 9.03. The highest BCUT2D eigenvalue weighted by Gasteiger charge is 2.18. The average Bonchev–Trinajstić information content (AvgIpc) is 2.13. The zero-order valence-corrected chi connectivity index (χ0v) is 13.3. The molecule has 90 valence electrons. The van der Waals surface area contributed by atoms with Gasteiger partial charge in [-0.15, -0.1) is 0 Å². The van der Waals surface area contributed by atoms with Gasteiger partial charge in [0.05, 0.1) is 12.2 Å². The fourth-order valence-electron chi connectivity index (χ4n) is 1.52. The summed E-state index contributed by atoms with van der Waals surface area (Å²) in [5.41, 5.74) is 1.33. The molecular weight excluding hydrogens is 245 g/mol. The lowest BCUT2D eigenvalue weighted by molar-refractivity contribution is 0.124. The van der Waals surface area contributed by atoms with Crippen LogP contribution in [0.25, 0.3) is 0 Å². The fraction of sp³-hybridized carbons (Fsp3) is 0.800. The third kappa shape index (κ3) is 7.78. The third-order valence-corrected chi connectivity index (χ3v) is 3.49. The van der Waals surface area contributed by atoms with Gasteiger partial charge < -0.3 is 9.05 Å². The molecule has 0 heterocycles. The van der Waals surface area contributed by atoms with Gasteiger partial charge in [-0.25, -0.2) is 0 Å². The topological polar surface area (TPSA) is 18.5 Å². The van der Waals surface area contributed by atoms with Crippen LogP contribution < -0.4 is 0 Å². The van der Waals surface area contributed by atoms with Gasteiger partial charge in [-0.3, -0.25) is 0 Å². The van der Waals surface area contributed by atoms with E-state index in [1.165, 1.54) is 5.57 Å². The fourth-order valence-corrected chi connectivity index (χ4v) is 2.90. The van der Waals surface area contributed by atoms with E-state index < -0.39 is 0 Å². The summed E-state index contributed by atoms with van der Waals surface area (Å²) in [5.74, 6) is 0.423. The van der Waals surface area contributed by atoms with Crippen LogP contribution in [0.2, 0.25) is 0 Å². The Morgan fingerprint density at radius 2 is 2.00 bits per heavy atom. The lowest BCUT2D eigenvalue weighted by atomic mass is 9.98. The number of allylic oxidation sites excluding steroid dienone is 1. The van der Waals surface area contributed by atoms with Crippen LogP contribution in [0.5, 0.6) is 0 Å². The molecule has 0 N–H and O–H groups in total. The van der Waals surface area contributed by atoms with Crippen molar-refractivity contribution in [2.24, 2.45) is 5.92 Å². The van der Waals surface area contributed by atoms with E-state index in [0.29, 0.717) is 14.4 Å². The smallest absolute Gasteiger partial charge is 0.0695 e. The van der Waals surface area contributed by atoms with E-state index in [1.54, 1.807) is 0 Å². The van der Waals surface area contributed by atoms with Gasteiger partial charge in [0.1, 0.15) is 0 Å². The van der Waals surface area contributed by atoms with Gasteiger partial charge in [0, 0.05) is 30.3 Å². The average molecular weight is 268 g/mol. The zero-order valence-electron chi connectivity index (χ0n) is 9.99. The third-order valence-electron chi connectivity index (χ3n) is 2.19. The highest BCUT2D eigenvalue weighted by Crippen LogP contribution is 2.27. The van der Waals surface area contributed by atoms with Crippen molar-refractivity contribution in [3.05, 3.63) is 11.6 Å². The van der Waals surface area contributed by atoms with E-state index in [4.69, 9.17) is 9.05 Å². The summed E-state index contributed by atoms with van der Waals surface area (Å²) in [6, 6.07) is 0. The molecule has 0 saturated carbocycles. The van der Waals surface area contributed by atoms with Crippen molar-refractivity contribution in [2.75, 3.05) is 0 Å². The molecule has 0 aromatic heterocycles. The minimum atomic E-state index is 0.209. The maximum Gasteiger partial charge on any atom is 0.0695 e. The first kappa shape index (κ1) is 16.0. The minimum Gasteiger partial charge on any atom is -0.362 e. The maximum absolute atomic E-state index is 5.51. The SMILES string of the molecule is CC(C)=C[C@@H](C)[C@@H](C[C@@H](C)OPP)OP. The zero-order chi connectivity index (χ0) is 11.8. The number of hydrogen-bond donors (Lipinski definition) is 0. The lowest BCUT2D eigenvalue weighted by Gasteiger charge is -2.23. The van der Waals surface area contributed by atoms with Crippen LogP contribution >= 0.6 is 26.9 Å². The predicted molar refractivity (Wildman–Crippen MR) is 76.4 cm³/mol. The molecule has 3 unspecified atom stereocenters. The highest BCUT2D eigenvalue weighted by atomic mass is 32.0. The van der Waals surface area contributed by atoms with Crippen LogP contribution in [0.4, 0.5) is 0 Å². The normalized spacial score (nSPS) is 17.7. The van der Waals surface area contributed by atoms with Crippen molar-refractivity contribution in [1.29, 1.82) is 0 Å². The summed E-state index contributed by atoms with van der Waals surface area (Å²) < 4.78 is 10.9. The molecule has 0 saturated heterocycles. The molecule has 0 aromatic carbocycles. The second-order valence-corrected chi connectivity index (χ2v) is 5.51. The predicted octanol–water partition coefficient (Wildman–Crippen LogP) is 3.94. The van der Waals surface area contributed by atoms with Gasteiger partial charge in [-0.05, 0) is 20.8 Å². The first-order valence-corrected chi connectivity index (χ1v) is 8.32. The lowest BCUT2D eigenvalue weighted by Crippen LogP contribution is -2.22. The summed E-state index contributed by atoms with van der Waals surface area (Å²) >= 11 is 0. The molecule has 5 heteroatoms. The summed E-state index contributed by atoms with van der Waals surface area (Å²) in [4.78, 5) is 0. The van der Waals surface area contributed by atoms with Crippen LogP contribution in [0.15, 0.2) is 11.6 Å². The molecule has 6 atom stereocenters. The molecule has 0 fully saturated rings. The Balaban J connectivity index is 4.17. The Hall–Kier alpha value is 0.950. The molecule has 0 radical (unpaired) electrons. The first-order chi connectivity index (χ1) is 7.01. The van der Waals surface area contributed by atoms with Crippen LogP contribution in [0.1, 0.15) is 34.1 Å². The van der Waals surface area contributed by atoms with Crippen molar-refractivity contribution in [1.82, 2.24) is 0 Å². The summed E-state index contributed by atoms with van der Waals surface area (Å²) in [7, 11) is 5.43. The quantitative estimate of drug-likeness (QED) is 0.514. The second-order valence-electron chi connectivity index (χ2n) is 4.06. The monoisotopic (exact) mass is 268 g/mol. The van der Waals surface area contributed by atoms with Crippen molar-refractivity contribution >= 4 is 26.9 Å². The van der Waals surface area contributed by atoms with E-state index in [0.717, 1.165) is 6.42 Å². The molecule has 0 spiro atoms. The Morgan fingerprint density at radius 3 is 2.40 bits per heavy atom. The van der Waals surface area contributed by atoms with E-state index >= 15 is 0 Å². The van der Waals surface area contributed by atoms with Crippen molar-refractivity contribution in [2.45, 2.75) is 46.3 Å². The molecule has 0 aliphatic heterocycles. The molecular formula is C10H23O2P3. The molecule has 15 heavy (non-hydrogen) atoms. The van der Waals surface area contributed by atoms with E-state index in [2.05, 4.69) is 52.2 Å². The Morgan fingerprint density at radius 1 is 1.40 bits per heavy atom. The number of hydrogen-bond acceptors (Lipinski definition) is 2. The van der Waals surface area contributed by atoms with Gasteiger partial charge in [-0.2, -0.15) is 0 Å². The molecule has 0 aromatic rings. The van der Waals surface area contributed by atoms with Gasteiger partial charge >= 0.3 is 0 Å². The Bertz CT molecular complexity index is 193. The van der Waals surface area contributed by atoms with Crippen molar-refractivity contribution < 1.29 is 9.05 Å². The van der Waals surface area contributed by atoms with Gasteiger partial charge in [0.2, 0.25) is 0 Å². The maximum atomic E-state index is 5.51. The molecule has 0 aliphatic rings. The summed E-state index contributed by atoms with van der Waals surface area (Å²) in [6.07, 6.45) is 3.63.